The Balaban J connectivity index is 2.05. The highest BCUT2D eigenvalue weighted by Crippen LogP contribution is 2.28. The molecule has 0 unspecified atom stereocenters. The summed E-state index contributed by atoms with van der Waals surface area (Å²) < 4.78 is 0. The highest BCUT2D eigenvalue weighted by Gasteiger charge is 2.18. The Kier molecular flexibility index (Phi) is 5.19. The van der Waals surface area contributed by atoms with Crippen LogP contribution in [0.25, 0.3) is 0 Å². The van der Waals surface area contributed by atoms with E-state index in [1.165, 1.54) is 16.2 Å². The quantitative estimate of drug-likeness (QED) is 0.857. The molecular weight excluding hydrogens is 304 g/mol. The predicted molar refractivity (Wildman–Crippen MR) is 90.3 cm³/mol. The van der Waals surface area contributed by atoms with Gasteiger partial charge in [0.05, 0.1) is 6.54 Å². The Morgan fingerprint density at radius 3 is 2.62 bits per heavy atom. The average Bonchev–Trinajstić information content (AvgIpc) is 3.04. The molecule has 0 aliphatic heterocycles. The first-order valence-electron chi connectivity index (χ1n) is 6.89. The Hall–Kier alpha value is -1.60. The first kappa shape index (κ1) is 15.8. The summed E-state index contributed by atoms with van der Waals surface area (Å²) in [5.74, 6) is 0.149. The van der Waals surface area contributed by atoms with E-state index < -0.39 is 0 Å². The number of aromatic nitrogens is 1. The van der Waals surface area contributed by atoms with Crippen molar-refractivity contribution in [2.45, 2.75) is 27.3 Å². The van der Waals surface area contributed by atoms with Crippen LogP contribution < -0.4 is 16.0 Å². The van der Waals surface area contributed by atoms with Crippen LogP contribution in [0.15, 0.2) is 12.1 Å². The molecule has 0 aliphatic carbocycles. The lowest BCUT2D eigenvalue weighted by molar-refractivity contribution is 0.0956. The zero-order valence-electron chi connectivity index (χ0n) is 12.5. The third kappa shape index (κ3) is 3.74. The standard InChI is InChI=1S/C14H20N4OS2/c1-4-18(5-2)14-17-12(15)11(21-14)13(19)16-8-10-7-6-9(3)20-10/h6-7H,4-5,8,15H2,1-3H3,(H,16,19). The Morgan fingerprint density at radius 1 is 1.33 bits per heavy atom. The summed E-state index contributed by atoms with van der Waals surface area (Å²) >= 11 is 3.03. The zero-order valence-corrected chi connectivity index (χ0v) is 14.1. The molecule has 2 aromatic heterocycles. The van der Waals surface area contributed by atoms with E-state index in [1.807, 2.05) is 19.1 Å². The van der Waals surface area contributed by atoms with E-state index in [4.69, 9.17) is 5.73 Å². The number of nitrogen functional groups attached to an aromatic ring is 1. The van der Waals surface area contributed by atoms with Crippen molar-refractivity contribution in [3.63, 3.8) is 0 Å². The summed E-state index contributed by atoms with van der Waals surface area (Å²) in [6, 6.07) is 4.07. The third-order valence-corrected chi connectivity index (χ3v) is 5.23. The van der Waals surface area contributed by atoms with Crippen molar-refractivity contribution in [1.29, 1.82) is 0 Å². The first-order valence-corrected chi connectivity index (χ1v) is 8.53. The number of hydrogen-bond acceptors (Lipinski definition) is 6. The van der Waals surface area contributed by atoms with Crippen molar-refractivity contribution < 1.29 is 4.79 Å². The van der Waals surface area contributed by atoms with E-state index in [1.54, 1.807) is 11.3 Å². The van der Waals surface area contributed by atoms with E-state index >= 15 is 0 Å². The molecular formula is C14H20N4OS2. The molecule has 0 spiro atoms. The van der Waals surface area contributed by atoms with Crippen LogP contribution in [0.4, 0.5) is 10.9 Å². The van der Waals surface area contributed by atoms with Crippen molar-refractivity contribution >= 4 is 39.5 Å². The minimum absolute atomic E-state index is 0.158. The average molecular weight is 324 g/mol. The second kappa shape index (κ2) is 6.91. The van der Waals surface area contributed by atoms with Gasteiger partial charge in [0.25, 0.3) is 5.91 Å². The van der Waals surface area contributed by atoms with Gasteiger partial charge >= 0.3 is 0 Å². The summed E-state index contributed by atoms with van der Waals surface area (Å²) in [4.78, 5) is 21.5. The molecule has 0 atom stereocenters. The predicted octanol–water partition coefficient (Wildman–Crippen LogP) is 2.87. The number of carbonyl (C=O) groups excluding carboxylic acids is 1. The van der Waals surface area contributed by atoms with Crippen molar-refractivity contribution in [3.8, 4) is 0 Å². The lowest BCUT2D eigenvalue weighted by Gasteiger charge is -2.16. The van der Waals surface area contributed by atoms with E-state index in [9.17, 15) is 4.79 Å². The van der Waals surface area contributed by atoms with Crippen molar-refractivity contribution in [2.24, 2.45) is 0 Å². The maximum atomic E-state index is 12.2. The number of carbonyl (C=O) groups is 1. The van der Waals surface area contributed by atoms with Gasteiger partial charge < -0.3 is 16.0 Å². The number of rotatable bonds is 6. The molecule has 0 aliphatic rings. The Morgan fingerprint density at radius 2 is 2.05 bits per heavy atom. The molecule has 0 aromatic carbocycles. The molecule has 2 aromatic rings. The summed E-state index contributed by atoms with van der Waals surface area (Å²) in [7, 11) is 0. The van der Waals surface area contributed by atoms with Crippen LogP contribution in [0, 0.1) is 6.92 Å². The highest BCUT2D eigenvalue weighted by molar-refractivity contribution is 7.18. The number of nitrogens with zero attached hydrogens (tertiary/aromatic N) is 2. The summed E-state index contributed by atoms with van der Waals surface area (Å²) in [6.07, 6.45) is 0. The minimum atomic E-state index is -0.158. The van der Waals surface area contributed by atoms with Crippen LogP contribution in [-0.4, -0.2) is 24.0 Å². The van der Waals surface area contributed by atoms with Gasteiger partial charge in [0, 0.05) is 22.8 Å². The topological polar surface area (TPSA) is 71.2 Å². The monoisotopic (exact) mass is 324 g/mol. The second-order valence-corrected chi connectivity index (χ2v) is 6.93. The van der Waals surface area contributed by atoms with Crippen LogP contribution in [0.2, 0.25) is 0 Å². The number of nitrogens with two attached hydrogens (primary N) is 1. The molecule has 3 N–H and O–H groups in total. The molecule has 5 nitrogen and oxygen atoms in total. The van der Waals surface area contributed by atoms with E-state index in [0.29, 0.717) is 17.2 Å². The molecule has 114 valence electrons. The molecule has 2 rings (SSSR count). The van der Waals surface area contributed by atoms with Crippen molar-refractivity contribution in [2.75, 3.05) is 23.7 Å². The second-order valence-electron chi connectivity index (χ2n) is 4.58. The SMILES string of the molecule is CCN(CC)c1nc(N)c(C(=O)NCc2ccc(C)s2)s1. The molecule has 0 fully saturated rings. The van der Waals surface area contributed by atoms with E-state index in [-0.39, 0.29) is 5.91 Å². The van der Waals surface area contributed by atoms with Gasteiger partial charge in [0.2, 0.25) is 0 Å². The molecule has 1 amide bonds. The molecule has 2 heterocycles. The maximum absolute atomic E-state index is 12.2. The van der Waals surface area contributed by atoms with Gasteiger partial charge in [-0.1, -0.05) is 11.3 Å². The Labute approximate surface area is 132 Å². The summed E-state index contributed by atoms with van der Waals surface area (Å²) in [5.41, 5.74) is 5.88. The molecule has 21 heavy (non-hydrogen) atoms. The van der Waals surface area contributed by atoms with Crippen LogP contribution in [-0.2, 0) is 6.54 Å². The van der Waals surface area contributed by atoms with Crippen LogP contribution in [0.3, 0.4) is 0 Å². The van der Waals surface area contributed by atoms with Gasteiger partial charge in [0.1, 0.15) is 10.7 Å². The van der Waals surface area contributed by atoms with Crippen LogP contribution in [0.1, 0.15) is 33.3 Å². The van der Waals surface area contributed by atoms with Crippen LogP contribution in [0.5, 0.6) is 0 Å². The van der Waals surface area contributed by atoms with Crippen LogP contribution >= 0.6 is 22.7 Å². The molecule has 7 heteroatoms. The van der Waals surface area contributed by atoms with Crippen molar-refractivity contribution in [3.05, 3.63) is 26.8 Å². The number of anilines is 2. The smallest absolute Gasteiger partial charge is 0.265 e. The number of nitrogens with one attached hydrogen (secondary N) is 1. The Bertz CT molecular complexity index is 616. The van der Waals surface area contributed by atoms with Gasteiger partial charge in [-0.15, -0.1) is 11.3 Å². The fourth-order valence-electron chi connectivity index (χ4n) is 1.94. The fourth-order valence-corrected chi connectivity index (χ4v) is 3.80. The lowest BCUT2D eigenvalue weighted by atomic mass is 10.4. The van der Waals surface area contributed by atoms with E-state index in [0.717, 1.165) is 23.1 Å². The van der Waals surface area contributed by atoms with Crippen molar-refractivity contribution in [1.82, 2.24) is 10.3 Å². The van der Waals surface area contributed by atoms with Gasteiger partial charge in [-0.2, -0.15) is 0 Å². The first-order chi connectivity index (χ1) is 10.0. The number of thiazole rings is 1. The normalized spacial score (nSPS) is 10.6. The summed E-state index contributed by atoms with van der Waals surface area (Å²) in [5, 5.41) is 3.70. The fraction of sp³-hybridized carbons (Fsp3) is 0.429. The maximum Gasteiger partial charge on any atom is 0.265 e. The number of aryl methyl sites for hydroxylation is 1. The van der Waals surface area contributed by atoms with E-state index in [2.05, 4.69) is 29.0 Å². The van der Waals surface area contributed by atoms with Gasteiger partial charge in [-0.3, -0.25) is 4.79 Å². The zero-order chi connectivity index (χ0) is 15.4. The summed E-state index contributed by atoms with van der Waals surface area (Å²) in [6.45, 7) is 8.38. The number of hydrogen-bond donors (Lipinski definition) is 2. The number of amides is 1. The third-order valence-electron chi connectivity index (χ3n) is 3.10. The largest absolute Gasteiger partial charge is 0.382 e. The van der Waals surface area contributed by atoms with Gasteiger partial charge in [0.15, 0.2) is 5.13 Å². The minimum Gasteiger partial charge on any atom is -0.382 e. The molecule has 0 saturated carbocycles. The number of thiophene rings is 1. The van der Waals surface area contributed by atoms with Gasteiger partial charge in [-0.05, 0) is 32.9 Å². The lowest BCUT2D eigenvalue weighted by Crippen LogP contribution is -2.22. The molecule has 0 saturated heterocycles. The highest BCUT2D eigenvalue weighted by atomic mass is 32.1. The molecule has 0 radical (unpaired) electrons. The molecule has 0 bridgehead atoms. The van der Waals surface area contributed by atoms with Gasteiger partial charge in [-0.25, -0.2) is 4.98 Å².